The van der Waals surface area contributed by atoms with Crippen LogP contribution in [0.3, 0.4) is 0 Å². The topological polar surface area (TPSA) is 74.6 Å². The fourth-order valence-corrected chi connectivity index (χ4v) is 5.28. The van der Waals surface area contributed by atoms with Crippen molar-refractivity contribution >= 4 is 0 Å². The highest BCUT2D eigenvalue weighted by Gasteiger charge is 2.48. The lowest BCUT2D eigenvalue weighted by atomic mass is 9.86. The minimum Gasteiger partial charge on any atom is -0.489 e. The van der Waals surface area contributed by atoms with Gasteiger partial charge in [0.25, 0.3) is 0 Å². The van der Waals surface area contributed by atoms with Crippen molar-refractivity contribution < 1.29 is 14.9 Å². The third kappa shape index (κ3) is 6.32. The predicted octanol–water partition coefficient (Wildman–Crippen LogP) is 4.39. The van der Waals surface area contributed by atoms with E-state index >= 15 is 0 Å². The normalized spacial score (nSPS) is 24.3. The van der Waals surface area contributed by atoms with Crippen LogP contribution in [0.15, 0.2) is 54.9 Å². The number of aromatic nitrogens is 1. The number of ether oxygens (including phenoxy) is 1. The predicted molar refractivity (Wildman–Crippen MR) is 139 cm³/mol. The molecule has 0 amide bonds. The second-order valence-electron chi connectivity index (χ2n) is 9.87. The van der Waals surface area contributed by atoms with Gasteiger partial charge in [0.1, 0.15) is 11.9 Å². The molecule has 0 bridgehead atoms. The number of unbranched alkanes of at least 4 members (excludes halogenated alkanes) is 1. The highest BCUT2D eigenvalue weighted by Crippen LogP contribution is 2.52. The average molecular weight is 475 g/mol. The van der Waals surface area contributed by atoms with Gasteiger partial charge < -0.3 is 20.3 Å². The van der Waals surface area contributed by atoms with Crippen molar-refractivity contribution in [2.24, 2.45) is 11.8 Å². The van der Waals surface area contributed by atoms with Crippen LogP contribution in [0.25, 0.3) is 0 Å². The van der Waals surface area contributed by atoms with Crippen LogP contribution in [-0.4, -0.2) is 40.1 Å². The van der Waals surface area contributed by atoms with E-state index < -0.39 is 12.2 Å². The Morgan fingerprint density at radius 2 is 2.06 bits per heavy atom. The maximum Gasteiger partial charge on any atom is 0.126 e. The summed E-state index contributed by atoms with van der Waals surface area (Å²) in [6, 6.07) is 10.5. The fraction of sp³-hybridized carbons (Fsp3) is 0.500. The number of aryl methyl sites for hydroxylation is 1. The summed E-state index contributed by atoms with van der Waals surface area (Å²) in [5.74, 6) is 7.09. The van der Waals surface area contributed by atoms with Crippen molar-refractivity contribution in [1.29, 1.82) is 0 Å². The smallest absolute Gasteiger partial charge is 0.126 e. The van der Waals surface area contributed by atoms with Gasteiger partial charge in [0.05, 0.1) is 12.2 Å². The number of benzene rings is 1. The van der Waals surface area contributed by atoms with Crippen molar-refractivity contribution in [1.82, 2.24) is 10.3 Å². The van der Waals surface area contributed by atoms with E-state index in [9.17, 15) is 10.2 Å². The third-order valence-corrected chi connectivity index (χ3v) is 7.33. The minimum atomic E-state index is -0.567. The number of para-hydroxylation sites is 1. The van der Waals surface area contributed by atoms with E-state index in [1.54, 1.807) is 0 Å². The van der Waals surface area contributed by atoms with Gasteiger partial charge in [0.15, 0.2) is 0 Å². The van der Waals surface area contributed by atoms with Crippen LogP contribution in [0, 0.1) is 23.7 Å². The maximum absolute atomic E-state index is 10.7. The molecule has 0 spiro atoms. The van der Waals surface area contributed by atoms with E-state index in [2.05, 4.69) is 40.3 Å². The molecule has 1 aromatic carbocycles. The number of rotatable bonds is 11. The number of nitrogens with one attached hydrogen (secondary N) is 1. The summed E-state index contributed by atoms with van der Waals surface area (Å²) >= 11 is 0. The number of fused-ring (bicyclic) bond motifs is 3. The van der Waals surface area contributed by atoms with Crippen LogP contribution in [0.1, 0.15) is 62.1 Å². The van der Waals surface area contributed by atoms with Crippen LogP contribution in [0.4, 0.5) is 0 Å². The Balaban J connectivity index is 1.33. The molecule has 5 heteroatoms. The first kappa shape index (κ1) is 25.4. The number of pyridine rings is 1. The van der Waals surface area contributed by atoms with Gasteiger partial charge in [0, 0.05) is 49.2 Å². The Labute approximate surface area is 209 Å². The number of hydrogen-bond donors (Lipinski definition) is 3. The summed E-state index contributed by atoms with van der Waals surface area (Å²) < 4.78 is 6.41. The molecule has 1 aliphatic carbocycles. The summed E-state index contributed by atoms with van der Waals surface area (Å²) in [6.45, 7) is 5.67. The third-order valence-electron chi connectivity index (χ3n) is 7.33. The van der Waals surface area contributed by atoms with Gasteiger partial charge in [-0.25, -0.2) is 0 Å². The molecule has 1 aliphatic heterocycles. The van der Waals surface area contributed by atoms with Gasteiger partial charge in [-0.1, -0.05) is 37.3 Å². The Bertz CT molecular complexity index is 1040. The monoisotopic (exact) mass is 474 g/mol. The molecule has 1 aromatic heterocycles. The van der Waals surface area contributed by atoms with E-state index in [1.807, 2.05) is 50.5 Å². The van der Waals surface area contributed by atoms with Crippen molar-refractivity contribution in [3.8, 4) is 17.6 Å². The summed E-state index contributed by atoms with van der Waals surface area (Å²) in [5.41, 5.74) is 3.71. The maximum atomic E-state index is 10.7. The van der Waals surface area contributed by atoms with Gasteiger partial charge in [0.2, 0.25) is 0 Å². The van der Waals surface area contributed by atoms with Crippen LogP contribution in [-0.2, 0) is 13.0 Å². The lowest BCUT2D eigenvalue weighted by Gasteiger charge is -2.19. The molecule has 3 N–H and O–H groups in total. The first-order valence-electron chi connectivity index (χ1n) is 12.9. The SMILES string of the molecule is CC#CC[C@H](C)[C@H](O)/C=C/[C@@H]1[C@H]2c3cccc(CCCCNCc4ccncc4)c3O[C@H]2C[C@H]1O. The van der Waals surface area contributed by atoms with Gasteiger partial charge in [-0.3, -0.25) is 4.98 Å². The molecule has 35 heavy (non-hydrogen) atoms. The Morgan fingerprint density at radius 3 is 2.86 bits per heavy atom. The molecule has 2 heterocycles. The minimum absolute atomic E-state index is 0.00152. The standard InChI is InChI=1S/C30H38N2O3/c1-3-4-8-21(2)26(33)13-12-24-27(34)19-28-29(24)25-11-7-10-23(30(25)35-28)9-5-6-16-32-20-22-14-17-31-18-15-22/h7,10-15,17-18,21,24,26-29,32-34H,5-6,8-9,16,19-20H2,1-2H3/b13-12+/t21-,24-,26+,27+,28-,29-/m0/s1. The first-order valence-corrected chi connectivity index (χ1v) is 12.9. The van der Waals surface area contributed by atoms with Gasteiger partial charge in [-0.2, -0.15) is 0 Å². The summed E-state index contributed by atoms with van der Waals surface area (Å²) in [7, 11) is 0. The van der Waals surface area contributed by atoms with E-state index in [0.717, 1.165) is 38.1 Å². The van der Waals surface area contributed by atoms with Crippen molar-refractivity contribution in [2.75, 3.05) is 6.54 Å². The molecule has 1 fully saturated rings. The van der Waals surface area contributed by atoms with Crippen molar-refractivity contribution in [3.05, 3.63) is 71.6 Å². The molecule has 0 unspecified atom stereocenters. The molecule has 5 nitrogen and oxygen atoms in total. The molecule has 0 radical (unpaired) electrons. The Hall–Kier alpha value is -2.65. The molecule has 2 aliphatic rings. The summed E-state index contributed by atoms with van der Waals surface area (Å²) in [5, 5.41) is 24.8. The Morgan fingerprint density at radius 1 is 1.23 bits per heavy atom. The molecule has 4 rings (SSSR count). The molecular formula is C30H38N2O3. The fourth-order valence-electron chi connectivity index (χ4n) is 5.28. The van der Waals surface area contributed by atoms with Crippen LogP contribution in [0.5, 0.6) is 5.75 Å². The summed E-state index contributed by atoms with van der Waals surface area (Å²) in [4.78, 5) is 4.06. The molecule has 6 atom stereocenters. The van der Waals surface area contributed by atoms with Gasteiger partial charge in [-0.05, 0) is 61.9 Å². The van der Waals surface area contributed by atoms with E-state index in [-0.39, 0.29) is 23.9 Å². The van der Waals surface area contributed by atoms with Crippen LogP contribution < -0.4 is 10.1 Å². The zero-order valence-corrected chi connectivity index (χ0v) is 20.9. The molecule has 2 aromatic rings. The lowest BCUT2D eigenvalue weighted by Crippen LogP contribution is -2.19. The lowest BCUT2D eigenvalue weighted by molar-refractivity contribution is 0.134. The van der Waals surface area contributed by atoms with E-state index in [0.29, 0.717) is 12.8 Å². The van der Waals surface area contributed by atoms with E-state index in [4.69, 9.17) is 4.74 Å². The van der Waals surface area contributed by atoms with Crippen molar-refractivity contribution in [2.45, 2.75) is 76.7 Å². The second kappa shape index (κ2) is 12.4. The second-order valence-corrected chi connectivity index (χ2v) is 9.87. The van der Waals surface area contributed by atoms with Gasteiger partial charge >= 0.3 is 0 Å². The summed E-state index contributed by atoms with van der Waals surface area (Å²) in [6.07, 6.45) is 10.9. The zero-order chi connectivity index (χ0) is 24.6. The number of aliphatic hydroxyl groups excluding tert-OH is 2. The highest BCUT2D eigenvalue weighted by atomic mass is 16.5. The number of hydrogen-bond acceptors (Lipinski definition) is 5. The average Bonchev–Trinajstić information content (AvgIpc) is 3.38. The number of nitrogens with zero attached hydrogens (tertiary/aromatic N) is 1. The molecular weight excluding hydrogens is 436 g/mol. The van der Waals surface area contributed by atoms with Crippen molar-refractivity contribution in [3.63, 3.8) is 0 Å². The number of aliphatic hydroxyl groups is 2. The zero-order valence-electron chi connectivity index (χ0n) is 20.9. The molecule has 186 valence electrons. The largest absolute Gasteiger partial charge is 0.489 e. The molecule has 1 saturated carbocycles. The quantitative estimate of drug-likeness (QED) is 0.256. The highest BCUT2D eigenvalue weighted by molar-refractivity contribution is 5.49. The van der Waals surface area contributed by atoms with Crippen LogP contribution >= 0.6 is 0 Å². The van der Waals surface area contributed by atoms with Gasteiger partial charge in [-0.15, -0.1) is 11.8 Å². The first-order chi connectivity index (χ1) is 17.1. The van der Waals surface area contributed by atoms with E-state index in [1.165, 1.54) is 16.7 Å². The van der Waals surface area contributed by atoms with Crippen LogP contribution in [0.2, 0.25) is 0 Å². The Kier molecular flexibility index (Phi) is 8.98. The molecule has 0 saturated heterocycles.